The van der Waals surface area contributed by atoms with Crippen molar-refractivity contribution in [3.05, 3.63) is 29.3 Å². The molecule has 0 radical (unpaired) electrons. The Labute approximate surface area is 76.8 Å². The van der Waals surface area contributed by atoms with Crippen LogP contribution >= 0.6 is 0 Å². The van der Waals surface area contributed by atoms with Gasteiger partial charge in [0.1, 0.15) is 0 Å². The standard InChI is InChI=1S/C10H12FNO/c1-6(2)9(13)8-4-7(3)10(11)12-5-8/h4-6H,1-3H3. The zero-order valence-corrected chi connectivity index (χ0v) is 7.97. The van der Waals surface area contributed by atoms with E-state index in [9.17, 15) is 9.18 Å². The predicted molar refractivity (Wildman–Crippen MR) is 48.1 cm³/mol. The van der Waals surface area contributed by atoms with Crippen molar-refractivity contribution in [2.75, 3.05) is 0 Å². The summed E-state index contributed by atoms with van der Waals surface area (Å²) in [6.45, 7) is 5.21. The van der Waals surface area contributed by atoms with Gasteiger partial charge in [-0.2, -0.15) is 4.39 Å². The zero-order valence-electron chi connectivity index (χ0n) is 7.97. The van der Waals surface area contributed by atoms with Gasteiger partial charge in [-0.1, -0.05) is 13.8 Å². The van der Waals surface area contributed by atoms with Crippen LogP contribution in [-0.4, -0.2) is 10.8 Å². The fourth-order valence-corrected chi connectivity index (χ4v) is 1.03. The van der Waals surface area contributed by atoms with Crippen LogP contribution in [0.4, 0.5) is 4.39 Å². The van der Waals surface area contributed by atoms with Crippen molar-refractivity contribution in [3.63, 3.8) is 0 Å². The van der Waals surface area contributed by atoms with E-state index in [4.69, 9.17) is 0 Å². The van der Waals surface area contributed by atoms with Gasteiger partial charge in [-0.3, -0.25) is 4.79 Å². The van der Waals surface area contributed by atoms with Crippen LogP contribution in [0.1, 0.15) is 29.8 Å². The van der Waals surface area contributed by atoms with E-state index in [1.54, 1.807) is 20.8 Å². The van der Waals surface area contributed by atoms with E-state index in [-0.39, 0.29) is 11.7 Å². The largest absolute Gasteiger partial charge is 0.294 e. The molecule has 0 fully saturated rings. The fourth-order valence-electron chi connectivity index (χ4n) is 1.03. The van der Waals surface area contributed by atoms with Gasteiger partial charge in [0.15, 0.2) is 5.78 Å². The summed E-state index contributed by atoms with van der Waals surface area (Å²) in [7, 11) is 0. The minimum atomic E-state index is -0.514. The molecule has 0 aromatic carbocycles. The third-order valence-corrected chi connectivity index (χ3v) is 1.82. The Morgan fingerprint density at radius 2 is 2.15 bits per heavy atom. The molecule has 2 nitrogen and oxygen atoms in total. The van der Waals surface area contributed by atoms with Gasteiger partial charge in [-0.05, 0) is 13.0 Å². The summed E-state index contributed by atoms with van der Waals surface area (Å²) in [5.41, 5.74) is 0.889. The highest BCUT2D eigenvalue weighted by atomic mass is 19.1. The molecule has 3 heteroatoms. The molecule has 1 aromatic rings. The molecule has 0 unspecified atom stereocenters. The second-order valence-electron chi connectivity index (χ2n) is 3.35. The number of hydrogen-bond acceptors (Lipinski definition) is 2. The molecule has 0 spiro atoms. The van der Waals surface area contributed by atoms with Crippen LogP contribution in [0, 0.1) is 18.8 Å². The summed E-state index contributed by atoms with van der Waals surface area (Å²) >= 11 is 0. The molecule has 0 aliphatic carbocycles. The maximum absolute atomic E-state index is 12.7. The van der Waals surface area contributed by atoms with E-state index in [0.29, 0.717) is 11.1 Å². The molecule has 1 rings (SSSR count). The number of hydrogen-bond donors (Lipinski definition) is 0. The van der Waals surface area contributed by atoms with Crippen LogP contribution < -0.4 is 0 Å². The Bertz CT molecular complexity index is 334. The number of carbonyl (C=O) groups is 1. The first-order valence-corrected chi connectivity index (χ1v) is 4.18. The molecule has 0 aliphatic rings. The summed E-state index contributed by atoms with van der Waals surface area (Å²) in [6.07, 6.45) is 1.28. The molecule has 70 valence electrons. The van der Waals surface area contributed by atoms with E-state index < -0.39 is 5.95 Å². The molecule has 0 amide bonds. The fraction of sp³-hybridized carbons (Fsp3) is 0.400. The Kier molecular flexibility index (Phi) is 2.76. The number of aromatic nitrogens is 1. The van der Waals surface area contributed by atoms with E-state index in [2.05, 4.69) is 4.98 Å². The Balaban J connectivity index is 3.04. The second kappa shape index (κ2) is 3.64. The molecule has 1 heterocycles. The van der Waals surface area contributed by atoms with Crippen molar-refractivity contribution >= 4 is 5.78 Å². The highest BCUT2D eigenvalue weighted by molar-refractivity contribution is 5.97. The van der Waals surface area contributed by atoms with Gasteiger partial charge in [0.05, 0.1) is 0 Å². The average Bonchev–Trinajstić information content (AvgIpc) is 2.08. The minimum Gasteiger partial charge on any atom is -0.294 e. The third kappa shape index (κ3) is 2.11. The number of halogens is 1. The second-order valence-corrected chi connectivity index (χ2v) is 3.35. The molecule has 13 heavy (non-hydrogen) atoms. The van der Waals surface area contributed by atoms with E-state index in [1.807, 2.05) is 0 Å². The molecule has 1 aromatic heterocycles. The summed E-state index contributed by atoms with van der Waals surface area (Å²) in [4.78, 5) is 14.9. The third-order valence-electron chi connectivity index (χ3n) is 1.82. The summed E-state index contributed by atoms with van der Waals surface area (Å²) in [5, 5.41) is 0. The first kappa shape index (κ1) is 9.84. The van der Waals surface area contributed by atoms with Crippen LogP contribution in [0.3, 0.4) is 0 Å². The van der Waals surface area contributed by atoms with Crippen LogP contribution in [0.5, 0.6) is 0 Å². The van der Waals surface area contributed by atoms with Gasteiger partial charge in [0.25, 0.3) is 0 Å². The highest BCUT2D eigenvalue weighted by Crippen LogP contribution is 2.10. The van der Waals surface area contributed by atoms with Gasteiger partial charge in [-0.15, -0.1) is 0 Å². The Hall–Kier alpha value is -1.25. The van der Waals surface area contributed by atoms with Crippen molar-refractivity contribution in [2.45, 2.75) is 20.8 Å². The molecule has 0 saturated heterocycles. The lowest BCUT2D eigenvalue weighted by Crippen LogP contribution is -2.08. The first-order chi connectivity index (χ1) is 6.02. The number of carbonyl (C=O) groups excluding carboxylic acids is 1. The molecule has 0 atom stereocenters. The number of nitrogens with zero attached hydrogens (tertiary/aromatic N) is 1. The number of rotatable bonds is 2. The number of pyridine rings is 1. The van der Waals surface area contributed by atoms with E-state index in [1.165, 1.54) is 12.3 Å². The van der Waals surface area contributed by atoms with Crippen LogP contribution in [0.15, 0.2) is 12.3 Å². The van der Waals surface area contributed by atoms with Crippen molar-refractivity contribution < 1.29 is 9.18 Å². The summed E-state index contributed by atoms with van der Waals surface area (Å²) < 4.78 is 12.7. The van der Waals surface area contributed by atoms with Crippen molar-refractivity contribution in [2.24, 2.45) is 5.92 Å². The predicted octanol–water partition coefficient (Wildman–Crippen LogP) is 2.37. The lowest BCUT2D eigenvalue weighted by atomic mass is 10.0. The lowest BCUT2D eigenvalue weighted by molar-refractivity contribution is 0.0939. The van der Waals surface area contributed by atoms with Crippen LogP contribution in [0.25, 0.3) is 0 Å². The molecule has 0 N–H and O–H groups in total. The van der Waals surface area contributed by atoms with Crippen molar-refractivity contribution in [1.29, 1.82) is 0 Å². The average molecular weight is 181 g/mol. The number of Topliss-reactive ketones (excluding diaryl/α,β-unsaturated/α-hetero) is 1. The SMILES string of the molecule is Cc1cc(C(=O)C(C)C)cnc1F. The molecule has 0 saturated carbocycles. The summed E-state index contributed by atoms with van der Waals surface area (Å²) in [5.74, 6) is -0.595. The summed E-state index contributed by atoms with van der Waals surface area (Å²) in [6, 6.07) is 1.53. The van der Waals surface area contributed by atoms with Gasteiger partial charge < -0.3 is 0 Å². The van der Waals surface area contributed by atoms with Crippen molar-refractivity contribution in [1.82, 2.24) is 4.98 Å². The minimum absolute atomic E-state index is 0.00407. The first-order valence-electron chi connectivity index (χ1n) is 4.18. The number of aryl methyl sites for hydroxylation is 1. The van der Waals surface area contributed by atoms with Crippen LogP contribution in [-0.2, 0) is 0 Å². The molecule has 0 bridgehead atoms. The molecular formula is C10H12FNO. The monoisotopic (exact) mass is 181 g/mol. The lowest BCUT2D eigenvalue weighted by Gasteiger charge is -2.04. The zero-order chi connectivity index (χ0) is 10.0. The smallest absolute Gasteiger partial charge is 0.215 e. The van der Waals surface area contributed by atoms with Gasteiger partial charge in [0, 0.05) is 23.2 Å². The Morgan fingerprint density at radius 3 is 2.62 bits per heavy atom. The Morgan fingerprint density at radius 1 is 1.54 bits per heavy atom. The maximum Gasteiger partial charge on any atom is 0.215 e. The van der Waals surface area contributed by atoms with E-state index in [0.717, 1.165) is 0 Å². The van der Waals surface area contributed by atoms with Gasteiger partial charge >= 0.3 is 0 Å². The molecular weight excluding hydrogens is 169 g/mol. The van der Waals surface area contributed by atoms with Crippen molar-refractivity contribution in [3.8, 4) is 0 Å². The van der Waals surface area contributed by atoms with Gasteiger partial charge in [-0.25, -0.2) is 4.98 Å². The molecule has 0 aliphatic heterocycles. The topological polar surface area (TPSA) is 30.0 Å². The highest BCUT2D eigenvalue weighted by Gasteiger charge is 2.11. The number of ketones is 1. The quantitative estimate of drug-likeness (QED) is 0.518. The van der Waals surface area contributed by atoms with Crippen LogP contribution in [0.2, 0.25) is 0 Å². The van der Waals surface area contributed by atoms with Gasteiger partial charge in [0.2, 0.25) is 5.95 Å². The normalized spacial score (nSPS) is 10.5. The maximum atomic E-state index is 12.7. The van der Waals surface area contributed by atoms with E-state index >= 15 is 0 Å².